The highest BCUT2D eigenvalue weighted by molar-refractivity contribution is 5.77. The van der Waals surface area contributed by atoms with E-state index in [2.05, 4.69) is 0 Å². The maximum absolute atomic E-state index is 11.8. The van der Waals surface area contributed by atoms with Gasteiger partial charge in [-0.15, -0.1) is 0 Å². The number of rotatable bonds is 2. The summed E-state index contributed by atoms with van der Waals surface area (Å²) in [4.78, 5) is 11.8. The second-order valence-corrected chi connectivity index (χ2v) is 4.89. The van der Waals surface area contributed by atoms with Crippen LogP contribution in [0.25, 0.3) is 0 Å². The fraction of sp³-hybridized carbons (Fsp3) is 0.909. The molecule has 2 saturated carbocycles. The highest BCUT2D eigenvalue weighted by Crippen LogP contribution is 2.53. The minimum absolute atomic E-state index is 0.00738. The van der Waals surface area contributed by atoms with Gasteiger partial charge in [0, 0.05) is 5.54 Å². The minimum Gasteiger partial charge on any atom is -0.466 e. The summed E-state index contributed by atoms with van der Waals surface area (Å²) >= 11 is 0. The Hall–Kier alpha value is -0.570. The van der Waals surface area contributed by atoms with Crippen LogP contribution in [0.1, 0.15) is 45.4 Å². The number of hydrogen-bond donors (Lipinski definition) is 1. The smallest absolute Gasteiger partial charge is 0.312 e. The van der Waals surface area contributed by atoms with Gasteiger partial charge in [-0.25, -0.2) is 0 Å². The fourth-order valence-corrected chi connectivity index (χ4v) is 3.11. The summed E-state index contributed by atoms with van der Waals surface area (Å²) in [6.07, 6.45) is 5.90. The Labute approximate surface area is 85.0 Å². The van der Waals surface area contributed by atoms with Crippen LogP contribution in [0.3, 0.4) is 0 Å². The van der Waals surface area contributed by atoms with Gasteiger partial charge in [-0.3, -0.25) is 4.79 Å². The molecule has 2 fully saturated rings. The molecular formula is C11H19NO2. The lowest BCUT2D eigenvalue weighted by atomic mass is 9.73. The topological polar surface area (TPSA) is 52.3 Å². The van der Waals surface area contributed by atoms with Crippen molar-refractivity contribution in [3.63, 3.8) is 0 Å². The van der Waals surface area contributed by atoms with E-state index in [1.54, 1.807) is 0 Å². The molecular weight excluding hydrogens is 178 g/mol. The summed E-state index contributed by atoms with van der Waals surface area (Å²) in [5.41, 5.74) is 5.93. The van der Waals surface area contributed by atoms with Crippen molar-refractivity contribution in [3.05, 3.63) is 0 Å². The summed E-state index contributed by atoms with van der Waals surface area (Å²) in [5, 5.41) is 0. The van der Waals surface area contributed by atoms with Crippen molar-refractivity contribution in [1.29, 1.82) is 0 Å². The normalized spacial score (nSPS) is 41.0. The van der Waals surface area contributed by atoms with E-state index in [0.29, 0.717) is 6.61 Å². The highest BCUT2D eigenvalue weighted by atomic mass is 16.5. The molecule has 2 aliphatic rings. The molecule has 2 atom stereocenters. The zero-order valence-electron chi connectivity index (χ0n) is 8.84. The molecule has 0 aromatic heterocycles. The molecule has 2 bridgehead atoms. The van der Waals surface area contributed by atoms with Gasteiger partial charge >= 0.3 is 5.97 Å². The van der Waals surface area contributed by atoms with Crippen molar-refractivity contribution < 1.29 is 9.53 Å². The third-order valence-electron chi connectivity index (χ3n) is 3.83. The lowest BCUT2D eigenvalue weighted by Crippen LogP contribution is -2.44. The first-order chi connectivity index (χ1) is 6.60. The van der Waals surface area contributed by atoms with Crippen LogP contribution in [-0.2, 0) is 9.53 Å². The van der Waals surface area contributed by atoms with Crippen molar-refractivity contribution in [2.45, 2.75) is 51.0 Å². The maximum atomic E-state index is 11.8. The maximum Gasteiger partial charge on any atom is 0.312 e. The lowest BCUT2D eigenvalue weighted by molar-refractivity contribution is -0.156. The van der Waals surface area contributed by atoms with E-state index < -0.39 is 0 Å². The molecule has 3 heteroatoms. The first kappa shape index (κ1) is 9.97. The second kappa shape index (κ2) is 3.23. The Bertz CT molecular complexity index is 254. The largest absolute Gasteiger partial charge is 0.466 e. The Morgan fingerprint density at radius 1 is 1.36 bits per heavy atom. The predicted octanol–water partition coefficient (Wildman–Crippen LogP) is 1.60. The molecule has 2 rings (SSSR count). The molecule has 3 nitrogen and oxygen atoms in total. The molecule has 0 saturated heterocycles. The van der Waals surface area contributed by atoms with Crippen LogP contribution < -0.4 is 5.73 Å². The number of hydrogen-bond acceptors (Lipinski definition) is 3. The Balaban J connectivity index is 2.13. The summed E-state index contributed by atoms with van der Waals surface area (Å²) in [5.74, 6) is -0.00738. The third-order valence-corrected chi connectivity index (χ3v) is 3.83. The Morgan fingerprint density at radius 3 is 2.86 bits per heavy atom. The molecule has 0 aliphatic heterocycles. The minimum atomic E-state index is -0.219. The standard InChI is InChI=1S/C11H19NO2/c1-2-14-9(13)10-4-3-5-11(12,8-10)7-6-10/h2-8,12H2,1H3/t10-,11+/m0/s1. The second-order valence-electron chi connectivity index (χ2n) is 4.89. The highest BCUT2D eigenvalue weighted by Gasteiger charge is 2.53. The average Bonchev–Trinajstić information content (AvgIpc) is 2.39. The molecule has 2 aliphatic carbocycles. The number of esters is 1. The Kier molecular flexibility index (Phi) is 2.30. The first-order valence-electron chi connectivity index (χ1n) is 5.56. The van der Waals surface area contributed by atoms with Gasteiger partial charge in [-0.05, 0) is 39.0 Å². The van der Waals surface area contributed by atoms with Crippen LogP contribution in [0.2, 0.25) is 0 Å². The monoisotopic (exact) mass is 197 g/mol. The van der Waals surface area contributed by atoms with Gasteiger partial charge in [0.15, 0.2) is 0 Å². The van der Waals surface area contributed by atoms with E-state index in [1.165, 1.54) is 0 Å². The summed E-state index contributed by atoms with van der Waals surface area (Å²) in [6.45, 7) is 2.35. The number of fused-ring (bicyclic) bond motifs is 2. The molecule has 2 N–H and O–H groups in total. The number of carbonyl (C=O) groups excluding carboxylic acids is 1. The summed E-state index contributed by atoms with van der Waals surface area (Å²) in [6, 6.07) is 0. The van der Waals surface area contributed by atoms with Gasteiger partial charge in [-0.1, -0.05) is 6.42 Å². The summed E-state index contributed by atoms with van der Waals surface area (Å²) in [7, 11) is 0. The van der Waals surface area contributed by atoms with Crippen molar-refractivity contribution in [2.24, 2.45) is 11.1 Å². The van der Waals surface area contributed by atoms with Crippen LogP contribution in [0.4, 0.5) is 0 Å². The average molecular weight is 197 g/mol. The van der Waals surface area contributed by atoms with Crippen molar-refractivity contribution in [1.82, 2.24) is 0 Å². The van der Waals surface area contributed by atoms with Crippen LogP contribution in [0.15, 0.2) is 0 Å². The van der Waals surface area contributed by atoms with E-state index in [-0.39, 0.29) is 16.9 Å². The van der Waals surface area contributed by atoms with Gasteiger partial charge in [0.1, 0.15) is 0 Å². The van der Waals surface area contributed by atoms with E-state index in [1.807, 2.05) is 6.92 Å². The zero-order chi connectivity index (χ0) is 10.2. The fourth-order valence-electron chi connectivity index (χ4n) is 3.11. The summed E-state index contributed by atoms with van der Waals surface area (Å²) < 4.78 is 5.15. The number of ether oxygens (including phenoxy) is 1. The van der Waals surface area contributed by atoms with Crippen LogP contribution in [0.5, 0.6) is 0 Å². The quantitative estimate of drug-likeness (QED) is 0.684. The van der Waals surface area contributed by atoms with Crippen LogP contribution in [0, 0.1) is 5.41 Å². The van der Waals surface area contributed by atoms with Gasteiger partial charge in [0.05, 0.1) is 12.0 Å². The molecule has 0 amide bonds. The molecule has 0 radical (unpaired) electrons. The first-order valence-corrected chi connectivity index (χ1v) is 5.56. The van der Waals surface area contributed by atoms with Crippen LogP contribution in [-0.4, -0.2) is 18.1 Å². The van der Waals surface area contributed by atoms with Gasteiger partial charge < -0.3 is 10.5 Å². The third kappa shape index (κ3) is 1.44. The molecule has 0 heterocycles. The van der Waals surface area contributed by atoms with Gasteiger partial charge in [-0.2, -0.15) is 0 Å². The van der Waals surface area contributed by atoms with E-state index in [9.17, 15) is 4.79 Å². The molecule has 80 valence electrons. The molecule has 0 aromatic carbocycles. The predicted molar refractivity (Wildman–Crippen MR) is 53.7 cm³/mol. The molecule has 0 unspecified atom stereocenters. The van der Waals surface area contributed by atoms with E-state index in [0.717, 1.165) is 38.5 Å². The lowest BCUT2D eigenvalue weighted by Gasteiger charge is -2.35. The Morgan fingerprint density at radius 2 is 2.14 bits per heavy atom. The SMILES string of the molecule is CCOC(=O)[C@@]12CCC[C@@](N)(CC1)C2. The van der Waals surface area contributed by atoms with E-state index in [4.69, 9.17) is 10.5 Å². The van der Waals surface area contributed by atoms with E-state index >= 15 is 0 Å². The number of carbonyl (C=O) groups is 1. The molecule has 0 spiro atoms. The van der Waals surface area contributed by atoms with Crippen molar-refractivity contribution in [2.75, 3.05) is 6.61 Å². The van der Waals surface area contributed by atoms with Crippen molar-refractivity contribution in [3.8, 4) is 0 Å². The van der Waals surface area contributed by atoms with Crippen molar-refractivity contribution >= 4 is 5.97 Å². The molecule has 14 heavy (non-hydrogen) atoms. The van der Waals surface area contributed by atoms with Gasteiger partial charge in [0.2, 0.25) is 0 Å². The molecule has 0 aromatic rings. The van der Waals surface area contributed by atoms with Gasteiger partial charge in [0.25, 0.3) is 0 Å². The van der Waals surface area contributed by atoms with Crippen LogP contribution >= 0.6 is 0 Å². The zero-order valence-corrected chi connectivity index (χ0v) is 8.84. The number of nitrogens with two attached hydrogens (primary N) is 1.